The fraction of sp³-hybridized carbons (Fsp3) is 0.400. The molecule has 0 spiro atoms. The van der Waals surface area contributed by atoms with E-state index in [1.54, 1.807) is 0 Å². The number of rotatable bonds is 0. The molecule has 0 amide bonds. The standard InChI is InChI=1S/2C2H4O.CO/c2*1-2-3;1-2/h2*2H,1H3;/p+1. The molecule has 46 valence electrons. The summed E-state index contributed by atoms with van der Waals surface area (Å²) in [5.41, 5.74) is 0. The summed E-state index contributed by atoms with van der Waals surface area (Å²) in [6, 6.07) is 0. The molecular formula is C5H9O3+. The normalized spacial score (nSPS) is 3.50. The molecule has 0 heterocycles. The Hall–Kier alpha value is -0.920. The van der Waals surface area contributed by atoms with E-state index in [2.05, 4.69) is 6.65 Å². The Morgan fingerprint density at radius 1 is 1.25 bits per heavy atom. The van der Waals surface area contributed by atoms with Gasteiger partial charge in [-0.15, -0.1) is 0 Å². The van der Waals surface area contributed by atoms with Crippen molar-refractivity contribution in [1.82, 2.24) is 0 Å². The zero-order valence-corrected chi connectivity index (χ0v) is 4.88. The Morgan fingerprint density at radius 2 is 1.25 bits per heavy atom. The van der Waals surface area contributed by atoms with E-state index in [0.29, 0.717) is 0 Å². The Morgan fingerprint density at radius 3 is 1.25 bits per heavy atom. The third-order valence-corrected chi connectivity index (χ3v) is 0. The molecule has 0 radical (unpaired) electrons. The second-order valence-corrected chi connectivity index (χ2v) is 0.471. The SMILES string of the molecule is CC=O.CC=O.[C-]#[O+].[H+]. The van der Waals surface area contributed by atoms with E-state index in [0.717, 1.165) is 12.6 Å². The molecule has 0 aliphatic rings. The van der Waals surface area contributed by atoms with Crippen molar-refractivity contribution < 1.29 is 15.7 Å². The summed E-state index contributed by atoms with van der Waals surface area (Å²) in [7, 11) is 0. The van der Waals surface area contributed by atoms with Crippen molar-refractivity contribution in [2.45, 2.75) is 13.8 Å². The summed E-state index contributed by atoms with van der Waals surface area (Å²) in [5.74, 6) is 0. The van der Waals surface area contributed by atoms with Crippen LogP contribution in [0.2, 0.25) is 0 Å². The van der Waals surface area contributed by atoms with Crippen LogP contribution < -0.4 is 0 Å². The quantitative estimate of drug-likeness (QED) is 0.263. The van der Waals surface area contributed by atoms with Crippen molar-refractivity contribution in [2.75, 3.05) is 0 Å². The first kappa shape index (κ1) is 15.7. The average Bonchev–Trinajstić information content (AvgIpc) is 1.75. The summed E-state index contributed by atoms with van der Waals surface area (Å²) < 4.78 is 7.50. The van der Waals surface area contributed by atoms with Gasteiger partial charge < -0.3 is 9.59 Å². The maximum atomic E-state index is 8.81. The maximum Gasteiger partial charge on any atom is 1.00 e. The number of hydrogen-bond donors (Lipinski definition) is 0. The third-order valence-electron chi connectivity index (χ3n) is 0. The predicted octanol–water partition coefficient (Wildman–Crippen LogP) is 0.485. The van der Waals surface area contributed by atoms with E-state index in [4.69, 9.17) is 14.2 Å². The summed E-state index contributed by atoms with van der Waals surface area (Å²) in [6.07, 6.45) is 1.50. The molecule has 0 unspecified atom stereocenters. The van der Waals surface area contributed by atoms with Crippen molar-refractivity contribution in [3.8, 4) is 0 Å². The Labute approximate surface area is 49.9 Å². The van der Waals surface area contributed by atoms with E-state index in [1.165, 1.54) is 13.8 Å². The van der Waals surface area contributed by atoms with Gasteiger partial charge in [0.05, 0.1) is 0 Å². The fourth-order valence-corrected chi connectivity index (χ4v) is 0. The van der Waals surface area contributed by atoms with Crippen molar-refractivity contribution in [1.29, 1.82) is 0 Å². The van der Waals surface area contributed by atoms with Gasteiger partial charge in [0.2, 0.25) is 0 Å². The number of hydrogen-bond acceptors (Lipinski definition) is 2. The van der Waals surface area contributed by atoms with E-state index >= 15 is 0 Å². The first-order valence-electron chi connectivity index (χ1n) is 1.83. The van der Waals surface area contributed by atoms with Crippen LogP contribution in [0.4, 0.5) is 0 Å². The molecular weight excluding hydrogens is 108 g/mol. The molecule has 0 saturated heterocycles. The van der Waals surface area contributed by atoms with Crippen LogP contribution >= 0.6 is 0 Å². The van der Waals surface area contributed by atoms with Crippen LogP contribution in [0.25, 0.3) is 0 Å². The van der Waals surface area contributed by atoms with Gasteiger partial charge in [-0.1, -0.05) is 0 Å². The molecule has 0 aliphatic heterocycles. The van der Waals surface area contributed by atoms with E-state index < -0.39 is 0 Å². The molecule has 0 N–H and O–H groups in total. The molecule has 0 aromatic carbocycles. The largest absolute Gasteiger partial charge is 1.00 e. The van der Waals surface area contributed by atoms with Gasteiger partial charge in [0, 0.05) is 0 Å². The van der Waals surface area contributed by atoms with E-state index in [9.17, 15) is 0 Å². The van der Waals surface area contributed by atoms with Crippen LogP contribution in [-0.4, -0.2) is 12.6 Å². The molecule has 0 aromatic heterocycles. The Balaban J connectivity index is -0.0000000202. The number of carbonyl (C=O) groups is 2. The van der Waals surface area contributed by atoms with Gasteiger partial charge in [-0.25, -0.2) is 0 Å². The van der Waals surface area contributed by atoms with Crippen molar-refractivity contribution in [3.63, 3.8) is 0 Å². The minimum Gasteiger partial charge on any atom is 1.00 e. The number of carbonyl (C=O) groups excluding carboxylic acids is 2. The van der Waals surface area contributed by atoms with Gasteiger partial charge in [-0.2, -0.15) is 0 Å². The minimum absolute atomic E-state index is 0. The van der Waals surface area contributed by atoms with Gasteiger partial charge in [-0.3, -0.25) is 0 Å². The minimum atomic E-state index is 0. The molecule has 3 heteroatoms. The smallest absolute Gasteiger partial charge is 1.00 e. The molecule has 0 atom stereocenters. The Kier molecular flexibility index (Phi) is 264. The van der Waals surface area contributed by atoms with Crippen LogP contribution in [-0.2, 0) is 14.2 Å². The van der Waals surface area contributed by atoms with Crippen LogP contribution in [0.3, 0.4) is 0 Å². The van der Waals surface area contributed by atoms with Gasteiger partial charge >= 0.3 is 12.7 Å². The molecule has 0 aromatic rings. The first-order chi connectivity index (χ1) is 3.83. The van der Waals surface area contributed by atoms with Gasteiger partial charge in [0.25, 0.3) is 0 Å². The fourth-order valence-electron chi connectivity index (χ4n) is 0. The van der Waals surface area contributed by atoms with Gasteiger partial charge in [0.15, 0.2) is 0 Å². The van der Waals surface area contributed by atoms with Gasteiger partial charge in [-0.05, 0) is 13.8 Å². The maximum absolute atomic E-state index is 8.81. The molecule has 0 saturated carbocycles. The monoisotopic (exact) mass is 117 g/mol. The van der Waals surface area contributed by atoms with Crippen LogP contribution in [0, 0.1) is 6.65 Å². The predicted molar refractivity (Wildman–Crippen MR) is 28.5 cm³/mol. The first-order valence-corrected chi connectivity index (χ1v) is 1.83. The summed E-state index contributed by atoms with van der Waals surface area (Å²) in [5, 5.41) is 0. The average molecular weight is 117 g/mol. The van der Waals surface area contributed by atoms with E-state index in [1.807, 2.05) is 0 Å². The van der Waals surface area contributed by atoms with E-state index in [-0.39, 0.29) is 1.43 Å². The summed E-state index contributed by atoms with van der Waals surface area (Å²) in [4.78, 5) is 17.6. The zero-order valence-electron chi connectivity index (χ0n) is 5.88. The van der Waals surface area contributed by atoms with Crippen molar-refractivity contribution >= 4 is 12.6 Å². The topological polar surface area (TPSA) is 54.0 Å². The molecule has 0 aliphatic carbocycles. The third kappa shape index (κ3) is 99.9. The number of aldehydes is 2. The summed E-state index contributed by atoms with van der Waals surface area (Å²) >= 11 is 0. The molecule has 0 rings (SSSR count). The molecule has 0 fully saturated rings. The second kappa shape index (κ2) is 135. The summed E-state index contributed by atoms with van der Waals surface area (Å²) in [6.45, 7) is 7.39. The van der Waals surface area contributed by atoms with Gasteiger partial charge in [0.1, 0.15) is 12.6 Å². The van der Waals surface area contributed by atoms with Crippen molar-refractivity contribution in [2.24, 2.45) is 0 Å². The van der Waals surface area contributed by atoms with Crippen LogP contribution in [0.1, 0.15) is 15.3 Å². The van der Waals surface area contributed by atoms with Crippen LogP contribution in [0.15, 0.2) is 0 Å². The Bertz CT molecular complexity index is 54.5. The van der Waals surface area contributed by atoms with Crippen molar-refractivity contribution in [3.05, 3.63) is 6.65 Å². The molecule has 3 nitrogen and oxygen atoms in total. The zero-order chi connectivity index (χ0) is 7.41. The molecule has 0 bridgehead atoms. The second-order valence-electron chi connectivity index (χ2n) is 0.471. The molecule has 8 heavy (non-hydrogen) atoms. The van der Waals surface area contributed by atoms with Crippen LogP contribution in [0.5, 0.6) is 0 Å².